The Morgan fingerprint density at radius 2 is 2.06 bits per heavy atom. The molecule has 0 amide bonds. The van der Waals surface area contributed by atoms with Gasteiger partial charge in [-0.3, -0.25) is 0 Å². The molecule has 2 nitrogen and oxygen atoms in total. The van der Waals surface area contributed by atoms with Crippen LogP contribution in [-0.2, 0) is 0 Å². The molecule has 1 aliphatic rings. The van der Waals surface area contributed by atoms with Crippen LogP contribution < -0.4 is 10.2 Å². The van der Waals surface area contributed by atoms with Crippen molar-refractivity contribution in [3.05, 3.63) is 28.2 Å². The summed E-state index contributed by atoms with van der Waals surface area (Å²) in [5.41, 5.74) is 0.995. The second kappa shape index (κ2) is 5.94. The van der Waals surface area contributed by atoms with Crippen molar-refractivity contribution in [2.24, 2.45) is 5.92 Å². The summed E-state index contributed by atoms with van der Waals surface area (Å²) in [6.07, 6.45) is 1.20. The second-order valence-corrected chi connectivity index (χ2v) is 5.29. The summed E-state index contributed by atoms with van der Waals surface area (Å²) in [5, 5.41) is 4.90. The first-order valence-corrected chi connectivity index (χ1v) is 6.87. The lowest BCUT2D eigenvalue weighted by Crippen LogP contribution is -2.26. The molecule has 1 aliphatic heterocycles. The number of para-hydroxylation sites is 1. The first-order chi connectivity index (χ1) is 8.22. The molecule has 1 saturated heterocycles. The number of hydrogen-bond donors (Lipinski definition) is 1. The average Bonchev–Trinajstić information content (AvgIpc) is 2.75. The highest BCUT2D eigenvalue weighted by Crippen LogP contribution is 2.36. The van der Waals surface area contributed by atoms with Crippen molar-refractivity contribution in [1.29, 1.82) is 0 Å². The Bertz CT molecular complexity index is 361. The van der Waals surface area contributed by atoms with Gasteiger partial charge in [-0.1, -0.05) is 36.2 Å². The predicted octanol–water partition coefficient (Wildman–Crippen LogP) is 3.43. The summed E-state index contributed by atoms with van der Waals surface area (Å²) in [6.45, 7) is 6.33. The van der Waals surface area contributed by atoms with Crippen LogP contribution in [0, 0.1) is 5.92 Å². The van der Waals surface area contributed by atoms with Gasteiger partial charge in [0.25, 0.3) is 0 Å². The van der Waals surface area contributed by atoms with Crippen molar-refractivity contribution in [2.45, 2.75) is 13.3 Å². The molecule has 1 aromatic carbocycles. The molecule has 1 atom stereocenters. The number of nitrogens with zero attached hydrogens (tertiary/aromatic N) is 1. The molecular weight excluding hydrogens is 255 g/mol. The summed E-state index contributed by atoms with van der Waals surface area (Å²) < 4.78 is 0. The molecule has 0 radical (unpaired) electrons. The van der Waals surface area contributed by atoms with E-state index in [0.717, 1.165) is 41.9 Å². The van der Waals surface area contributed by atoms with Gasteiger partial charge in [-0.15, -0.1) is 0 Å². The van der Waals surface area contributed by atoms with Gasteiger partial charge in [0.05, 0.1) is 15.7 Å². The van der Waals surface area contributed by atoms with Crippen LogP contribution in [-0.4, -0.2) is 26.2 Å². The van der Waals surface area contributed by atoms with Gasteiger partial charge in [0.1, 0.15) is 0 Å². The summed E-state index contributed by atoms with van der Waals surface area (Å²) in [5.74, 6) is 0.697. The quantitative estimate of drug-likeness (QED) is 0.904. The molecular formula is C13H18Cl2N2. The van der Waals surface area contributed by atoms with Gasteiger partial charge in [-0.2, -0.15) is 0 Å². The highest BCUT2D eigenvalue weighted by Gasteiger charge is 2.24. The maximum Gasteiger partial charge on any atom is 0.0745 e. The zero-order chi connectivity index (χ0) is 12.3. The lowest BCUT2D eigenvalue weighted by molar-refractivity contribution is 0.528. The maximum absolute atomic E-state index is 6.22. The van der Waals surface area contributed by atoms with Gasteiger partial charge in [-0.25, -0.2) is 0 Å². The number of rotatable bonds is 4. The van der Waals surface area contributed by atoms with E-state index < -0.39 is 0 Å². The molecule has 17 heavy (non-hydrogen) atoms. The fourth-order valence-corrected chi connectivity index (χ4v) is 2.98. The first-order valence-electron chi connectivity index (χ1n) is 6.12. The smallest absolute Gasteiger partial charge is 0.0745 e. The van der Waals surface area contributed by atoms with Gasteiger partial charge in [-0.05, 0) is 37.6 Å². The van der Waals surface area contributed by atoms with E-state index in [-0.39, 0.29) is 0 Å². The van der Waals surface area contributed by atoms with E-state index in [0.29, 0.717) is 5.92 Å². The van der Waals surface area contributed by atoms with Crippen LogP contribution >= 0.6 is 23.2 Å². The van der Waals surface area contributed by atoms with Crippen LogP contribution in [0.15, 0.2) is 18.2 Å². The van der Waals surface area contributed by atoms with Crippen molar-refractivity contribution in [3.63, 3.8) is 0 Å². The number of halogens is 2. The molecule has 0 spiro atoms. The van der Waals surface area contributed by atoms with E-state index in [4.69, 9.17) is 23.2 Å². The number of anilines is 1. The van der Waals surface area contributed by atoms with Crippen LogP contribution in [0.3, 0.4) is 0 Å². The van der Waals surface area contributed by atoms with Crippen molar-refractivity contribution >= 4 is 28.9 Å². The second-order valence-electron chi connectivity index (χ2n) is 4.48. The van der Waals surface area contributed by atoms with E-state index in [1.165, 1.54) is 6.42 Å². The van der Waals surface area contributed by atoms with Gasteiger partial charge < -0.3 is 10.2 Å². The minimum absolute atomic E-state index is 0.697. The zero-order valence-corrected chi connectivity index (χ0v) is 11.6. The van der Waals surface area contributed by atoms with Gasteiger partial charge in [0.15, 0.2) is 0 Å². The molecule has 0 aliphatic carbocycles. The van der Waals surface area contributed by atoms with Crippen LogP contribution in [0.1, 0.15) is 13.3 Å². The monoisotopic (exact) mass is 272 g/mol. The van der Waals surface area contributed by atoms with E-state index in [1.54, 1.807) is 0 Å². The molecule has 1 aromatic rings. The fourth-order valence-electron chi connectivity index (χ4n) is 2.34. The molecule has 0 bridgehead atoms. The Labute approximate surface area is 113 Å². The minimum Gasteiger partial charge on any atom is -0.369 e. The molecule has 1 N–H and O–H groups in total. The Kier molecular flexibility index (Phi) is 4.55. The third-order valence-corrected chi connectivity index (χ3v) is 3.83. The van der Waals surface area contributed by atoms with Crippen LogP contribution in [0.2, 0.25) is 10.0 Å². The van der Waals surface area contributed by atoms with Crippen molar-refractivity contribution < 1.29 is 0 Å². The summed E-state index contributed by atoms with van der Waals surface area (Å²) >= 11 is 12.4. The highest BCUT2D eigenvalue weighted by atomic mass is 35.5. The lowest BCUT2D eigenvalue weighted by Gasteiger charge is -2.21. The molecule has 1 unspecified atom stereocenters. The summed E-state index contributed by atoms with van der Waals surface area (Å²) in [7, 11) is 0. The van der Waals surface area contributed by atoms with Crippen LogP contribution in [0.25, 0.3) is 0 Å². The first kappa shape index (κ1) is 13.0. The Balaban J connectivity index is 2.05. The van der Waals surface area contributed by atoms with Gasteiger partial charge in [0.2, 0.25) is 0 Å². The van der Waals surface area contributed by atoms with E-state index in [2.05, 4.69) is 17.1 Å². The average molecular weight is 273 g/mol. The normalized spacial score (nSPS) is 19.9. The Morgan fingerprint density at radius 1 is 1.35 bits per heavy atom. The fraction of sp³-hybridized carbons (Fsp3) is 0.538. The van der Waals surface area contributed by atoms with Gasteiger partial charge in [0, 0.05) is 13.1 Å². The lowest BCUT2D eigenvalue weighted by atomic mass is 10.1. The van der Waals surface area contributed by atoms with Crippen molar-refractivity contribution in [1.82, 2.24) is 5.32 Å². The standard InChI is InChI=1S/C13H18Cl2N2/c1-2-16-8-10-6-7-17(9-10)13-11(14)4-3-5-12(13)15/h3-5,10,16H,2,6-9H2,1H3. The van der Waals surface area contributed by atoms with E-state index in [1.807, 2.05) is 18.2 Å². The van der Waals surface area contributed by atoms with Crippen LogP contribution in [0.5, 0.6) is 0 Å². The molecule has 0 aromatic heterocycles. The molecule has 2 rings (SSSR count). The number of hydrogen-bond acceptors (Lipinski definition) is 2. The Hall–Kier alpha value is -0.440. The number of nitrogens with one attached hydrogen (secondary N) is 1. The molecule has 0 saturated carbocycles. The Morgan fingerprint density at radius 3 is 2.71 bits per heavy atom. The van der Waals surface area contributed by atoms with Crippen molar-refractivity contribution in [3.8, 4) is 0 Å². The van der Waals surface area contributed by atoms with Crippen molar-refractivity contribution in [2.75, 3.05) is 31.1 Å². The largest absolute Gasteiger partial charge is 0.369 e. The minimum atomic E-state index is 0.697. The molecule has 1 fully saturated rings. The third-order valence-electron chi connectivity index (χ3n) is 3.22. The maximum atomic E-state index is 6.22. The molecule has 1 heterocycles. The van der Waals surface area contributed by atoms with E-state index in [9.17, 15) is 0 Å². The topological polar surface area (TPSA) is 15.3 Å². The van der Waals surface area contributed by atoms with Gasteiger partial charge >= 0.3 is 0 Å². The zero-order valence-electron chi connectivity index (χ0n) is 10.0. The molecule has 4 heteroatoms. The SMILES string of the molecule is CCNCC1CCN(c2c(Cl)cccc2Cl)C1. The summed E-state index contributed by atoms with van der Waals surface area (Å²) in [4.78, 5) is 2.30. The highest BCUT2D eigenvalue weighted by molar-refractivity contribution is 6.39. The van der Waals surface area contributed by atoms with Crippen LogP contribution in [0.4, 0.5) is 5.69 Å². The molecule has 94 valence electrons. The summed E-state index contributed by atoms with van der Waals surface area (Å²) in [6, 6.07) is 5.70. The van der Waals surface area contributed by atoms with E-state index >= 15 is 0 Å². The third kappa shape index (κ3) is 3.06. The number of benzene rings is 1. The predicted molar refractivity (Wildman–Crippen MR) is 75.3 cm³/mol.